The molecule has 2 unspecified atom stereocenters. The van der Waals surface area contributed by atoms with E-state index in [1.165, 1.54) is 0 Å². The van der Waals surface area contributed by atoms with E-state index in [9.17, 15) is 4.79 Å². The van der Waals surface area contributed by atoms with Crippen LogP contribution in [0.25, 0.3) is 0 Å². The average molecular weight is 318 g/mol. The van der Waals surface area contributed by atoms with Crippen LogP contribution in [0.5, 0.6) is 0 Å². The number of aromatic nitrogens is 1. The highest BCUT2D eigenvalue weighted by molar-refractivity contribution is 5.68. The average Bonchev–Trinajstić information content (AvgIpc) is 3.02. The molecule has 23 heavy (non-hydrogen) atoms. The smallest absolute Gasteiger partial charge is 0.410 e. The highest BCUT2D eigenvalue weighted by atomic mass is 16.6. The van der Waals surface area contributed by atoms with Crippen molar-refractivity contribution in [1.29, 1.82) is 0 Å². The fraction of sp³-hybridized carbons (Fsp3) is 0.667. The van der Waals surface area contributed by atoms with Crippen molar-refractivity contribution in [3.8, 4) is 0 Å². The zero-order valence-electron chi connectivity index (χ0n) is 14.2. The van der Waals surface area contributed by atoms with Gasteiger partial charge in [0.25, 0.3) is 0 Å². The summed E-state index contributed by atoms with van der Waals surface area (Å²) in [7, 11) is 0. The van der Waals surface area contributed by atoms with E-state index in [0.29, 0.717) is 24.5 Å². The van der Waals surface area contributed by atoms with E-state index in [4.69, 9.17) is 9.47 Å². The number of likely N-dealkylation sites (tertiary alicyclic amines) is 1. The number of carbonyl (C=O) groups excluding carboxylic acids is 1. The second-order valence-corrected chi connectivity index (χ2v) is 7.67. The molecule has 0 radical (unpaired) electrons. The minimum Gasteiger partial charge on any atom is -0.444 e. The quantitative estimate of drug-likeness (QED) is 0.858. The summed E-state index contributed by atoms with van der Waals surface area (Å²) >= 11 is 0. The molecular weight excluding hydrogens is 292 g/mol. The summed E-state index contributed by atoms with van der Waals surface area (Å²) < 4.78 is 11.5. The SMILES string of the molecule is CC(C)(C)OC(=O)N1CC2CC(OCc3cccnc3)CC2C1. The predicted molar refractivity (Wildman–Crippen MR) is 86.8 cm³/mol. The van der Waals surface area contributed by atoms with E-state index < -0.39 is 5.60 Å². The predicted octanol–water partition coefficient (Wildman–Crippen LogP) is 3.24. The first-order valence-corrected chi connectivity index (χ1v) is 8.39. The van der Waals surface area contributed by atoms with Crippen molar-refractivity contribution < 1.29 is 14.3 Å². The van der Waals surface area contributed by atoms with Gasteiger partial charge in [-0.3, -0.25) is 4.98 Å². The standard InChI is InChI=1S/C18H26N2O3/c1-18(2,3)23-17(21)20-10-14-7-16(8-15(14)11-20)22-12-13-5-4-6-19-9-13/h4-6,9,14-16H,7-8,10-12H2,1-3H3. The van der Waals surface area contributed by atoms with Gasteiger partial charge in [0.2, 0.25) is 0 Å². The van der Waals surface area contributed by atoms with Crippen molar-refractivity contribution in [1.82, 2.24) is 9.88 Å². The number of carbonyl (C=O) groups is 1. The first kappa shape index (κ1) is 16.2. The Hall–Kier alpha value is -1.62. The summed E-state index contributed by atoms with van der Waals surface area (Å²) in [6.07, 6.45) is 5.80. The van der Waals surface area contributed by atoms with E-state index in [-0.39, 0.29) is 6.09 Å². The number of ether oxygens (including phenoxy) is 2. The molecule has 1 aromatic rings. The van der Waals surface area contributed by atoms with Gasteiger partial charge in [0.05, 0.1) is 12.7 Å². The first-order valence-electron chi connectivity index (χ1n) is 8.39. The minimum absolute atomic E-state index is 0.181. The highest BCUT2D eigenvalue weighted by Gasteiger charge is 2.43. The topological polar surface area (TPSA) is 51.7 Å². The van der Waals surface area contributed by atoms with Gasteiger partial charge in [-0.1, -0.05) is 6.07 Å². The van der Waals surface area contributed by atoms with Crippen LogP contribution in [0, 0.1) is 11.8 Å². The summed E-state index contributed by atoms with van der Waals surface area (Å²) in [5, 5.41) is 0. The summed E-state index contributed by atoms with van der Waals surface area (Å²) in [4.78, 5) is 18.1. The maximum absolute atomic E-state index is 12.1. The fourth-order valence-electron chi connectivity index (χ4n) is 3.55. The van der Waals surface area contributed by atoms with Gasteiger partial charge in [-0.2, -0.15) is 0 Å². The van der Waals surface area contributed by atoms with Crippen LogP contribution in [0.3, 0.4) is 0 Å². The molecule has 0 aromatic carbocycles. The van der Waals surface area contributed by atoms with E-state index in [1.54, 1.807) is 6.20 Å². The second-order valence-electron chi connectivity index (χ2n) is 7.67. The molecule has 1 saturated heterocycles. The van der Waals surface area contributed by atoms with Crippen molar-refractivity contribution in [2.24, 2.45) is 11.8 Å². The fourth-order valence-corrected chi connectivity index (χ4v) is 3.55. The Balaban J connectivity index is 1.45. The Morgan fingerprint density at radius 1 is 1.30 bits per heavy atom. The maximum Gasteiger partial charge on any atom is 0.410 e. The molecule has 2 atom stereocenters. The van der Waals surface area contributed by atoms with Crippen LogP contribution in [0.4, 0.5) is 4.79 Å². The molecule has 0 spiro atoms. The van der Waals surface area contributed by atoms with Crippen LogP contribution in [-0.2, 0) is 16.1 Å². The summed E-state index contributed by atoms with van der Waals surface area (Å²) in [5.74, 6) is 1.09. The minimum atomic E-state index is -0.426. The molecule has 0 bridgehead atoms. The van der Waals surface area contributed by atoms with Gasteiger partial charge < -0.3 is 14.4 Å². The van der Waals surface area contributed by atoms with E-state index in [0.717, 1.165) is 31.5 Å². The Morgan fingerprint density at radius 3 is 2.57 bits per heavy atom. The van der Waals surface area contributed by atoms with Crippen LogP contribution in [-0.4, -0.2) is 40.8 Å². The van der Waals surface area contributed by atoms with Gasteiger partial charge in [-0.05, 0) is 57.1 Å². The van der Waals surface area contributed by atoms with Gasteiger partial charge in [-0.15, -0.1) is 0 Å². The molecule has 0 N–H and O–H groups in total. The first-order chi connectivity index (χ1) is 10.9. The second kappa shape index (κ2) is 6.48. The molecule has 1 aliphatic heterocycles. The van der Waals surface area contributed by atoms with Crippen LogP contribution >= 0.6 is 0 Å². The number of pyridine rings is 1. The Kier molecular flexibility index (Phi) is 4.57. The lowest BCUT2D eigenvalue weighted by Gasteiger charge is -2.25. The zero-order valence-corrected chi connectivity index (χ0v) is 14.2. The van der Waals surface area contributed by atoms with Gasteiger partial charge >= 0.3 is 6.09 Å². The van der Waals surface area contributed by atoms with Crippen LogP contribution < -0.4 is 0 Å². The molecule has 1 saturated carbocycles. The zero-order chi connectivity index (χ0) is 16.4. The number of amides is 1. The number of fused-ring (bicyclic) bond motifs is 1. The van der Waals surface area contributed by atoms with Crippen LogP contribution in [0.1, 0.15) is 39.2 Å². The normalized spacial score (nSPS) is 27.1. The molecule has 1 amide bonds. The van der Waals surface area contributed by atoms with Gasteiger partial charge in [0.15, 0.2) is 0 Å². The Bertz CT molecular complexity index is 527. The maximum atomic E-state index is 12.1. The van der Waals surface area contributed by atoms with Gasteiger partial charge in [-0.25, -0.2) is 4.79 Å². The van der Waals surface area contributed by atoms with Crippen LogP contribution in [0.15, 0.2) is 24.5 Å². The third kappa shape index (κ3) is 4.22. The van der Waals surface area contributed by atoms with E-state index in [2.05, 4.69) is 4.98 Å². The molecule has 1 aliphatic carbocycles. The van der Waals surface area contributed by atoms with Crippen molar-refractivity contribution >= 4 is 6.09 Å². The lowest BCUT2D eigenvalue weighted by Crippen LogP contribution is -2.36. The number of rotatable bonds is 3. The van der Waals surface area contributed by atoms with Crippen molar-refractivity contribution in [2.45, 2.75) is 51.9 Å². The molecule has 5 heteroatoms. The van der Waals surface area contributed by atoms with Crippen molar-refractivity contribution in [3.05, 3.63) is 30.1 Å². The Morgan fingerprint density at radius 2 is 2.00 bits per heavy atom. The third-order valence-electron chi connectivity index (χ3n) is 4.57. The number of hydrogen-bond acceptors (Lipinski definition) is 4. The summed E-state index contributed by atoms with van der Waals surface area (Å²) in [5.41, 5.74) is 0.685. The van der Waals surface area contributed by atoms with Gasteiger partial charge in [0.1, 0.15) is 5.60 Å². The molecule has 126 valence electrons. The van der Waals surface area contributed by atoms with Crippen molar-refractivity contribution in [3.63, 3.8) is 0 Å². The summed E-state index contributed by atoms with van der Waals surface area (Å²) in [6, 6.07) is 3.97. The largest absolute Gasteiger partial charge is 0.444 e. The summed E-state index contributed by atoms with van der Waals surface area (Å²) in [6.45, 7) is 7.94. The monoisotopic (exact) mass is 318 g/mol. The lowest BCUT2D eigenvalue weighted by atomic mass is 10.0. The lowest BCUT2D eigenvalue weighted by molar-refractivity contribution is 0.0205. The molecular formula is C18H26N2O3. The third-order valence-corrected chi connectivity index (χ3v) is 4.57. The molecule has 2 aliphatic rings. The van der Waals surface area contributed by atoms with Crippen molar-refractivity contribution in [2.75, 3.05) is 13.1 Å². The van der Waals surface area contributed by atoms with E-state index >= 15 is 0 Å². The molecule has 5 nitrogen and oxygen atoms in total. The molecule has 3 rings (SSSR count). The highest BCUT2D eigenvalue weighted by Crippen LogP contribution is 2.40. The number of hydrogen-bond donors (Lipinski definition) is 0. The Labute approximate surface area is 138 Å². The molecule has 1 aromatic heterocycles. The number of nitrogens with zero attached hydrogens (tertiary/aromatic N) is 2. The molecule has 2 heterocycles. The van der Waals surface area contributed by atoms with Crippen LogP contribution in [0.2, 0.25) is 0 Å². The van der Waals surface area contributed by atoms with E-state index in [1.807, 2.05) is 44.0 Å². The van der Waals surface area contributed by atoms with Gasteiger partial charge in [0, 0.05) is 25.5 Å². The molecule has 2 fully saturated rings.